The van der Waals surface area contributed by atoms with Gasteiger partial charge in [0.1, 0.15) is 5.82 Å². The van der Waals surface area contributed by atoms with E-state index >= 15 is 0 Å². The molecule has 0 saturated carbocycles. The summed E-state index contributed by atoms with van der Waals surface area (Å²) in [6, 6.07) is 15.7. The zero-order valence-corrected chi connectivity index (χ0v) is 19.4. The van der Waals surface area contributed by atoms with Gasteiger partial charge in [0.15, 0.2) is 5.15 Å². The number of nitriles is 1. The minimum Gasteiger partial charge on any atom is -0.340 e. The monoisotopic (exact) mass is 446 g/mol. The number of hydrogen-bond donors (Lipinski definition) is 1. The standard InChI is InChI=1S/C26H27ClN4O/c1-16(2)25-29-23(24(27)30-25)22-14-21(7-4-17(22)3)26(32)31-12-10-20(11-13-31)19-8-5-18(15-28)6-9-19/h4-9,14,16,20H,10-13H2,1-3H3,(H,29,30). The van der Waals surface area contributed by atoms with Crippen LogP contribution in [0, 0.1) is 18.3 Å². The number of imidazole rings is 1. The first kappa shape index (κ1) is 22.1. The van der Waals surface area contributed by atoms with Gasteiger partial charge < -0.3 is 9.88 Å². The number of rotatable bonds is 4. The fraction of sp³-hybridized carbons (Fsp3) is 0.346. The summed E-state index contributed by atoms with van der Waals surface area (Å²) in [6.45, 7) is 7.57. The molecule has 0 aliphatic carbocycles. The molecule has 1 fully saturated rings. The van der Waals surface area contributed by atoms with E-state index in [9.17, 15) is 4.79 Å². The Labute approximate surface area is 194 Å². The molecule has 1 aromatic heterocycles. The molecule has 0 bridgehead atoms. The van der Waals surface area contributed by atoms with Gasteiger partial charge in [-0.15, -0.1) is 0 Å². The summed E-state index contributed by atoms with van der Waals surface area (Å²) < 4.78 is 0. The van der Waals surface area contributed by atoms with Crippen LogP contribution < -0.4 is 0 Å². The van der Waals surface area contributed by atoms with Crippen LogP contribution in [-0.2, 0) is 0 Å². The normalized spacial score (nSPS) is 14.6. The van der Waals surface area contributed by atoms with Crippen LogP contribution in [0.3, 0.4) is 0 Å². The van der Waals surface area contributed by atoms with Crippen LogP contribution in [0.4, 0.5) is 0 Å². The zero-order valence-electron chi connectivity index (χ0n) is 18.7. The molecule has 0 spiro atoms. The third kappa shape index (κ3) is 4.42. The fourth-order valence-corrected chi connectivity index (χ4v) is 4.51. The quantitative estimate of drug-likeness (QED) is 0.529. The van der Waals surface area contributed by atoms with Crippen molar-refractivity contribution in [3.8, 4) is 17.3 Å². The van der Waals surface area contributed by atoms with Gasteiger partial charge in [-0.1, -0.05) is 43.6 Å². The van der Waals surface area contributed by atoms with Crippen molar-refractivity contribution in [1.82, 2.24) is 14.9 Å². The molecule has 1 saturated heterocycles. The van der Waals surface area contributed by atoms with Gasteiger partial charge in [-0.2, -0.15) is 5.26 Å². The molecule has 6 heteroatoms. The Bertz CT molecular complexity index is 1170. The number of carbonyl (C=O) groups excluding carboxylic acids is 1. The number of halogens is 1. The number of aromatic amines is 1. The highest BCUT2D eigenvalue weighted by Crippen LogP contribution is 2.32. The molecule has 2 aromatic carbocycles. The number of nitrogens with zero attached hydrogens (tertiary/aromatic N) is 3. The SMILES string of the molecule is Cc1ccc(C(=O)N2CCC(c3ccc(C#N)cc3)CC2)cc1-c1[nH]c(C(C)C)nc1Cl. The van der Waals surface area contributed by atoms with Crippen LogP contribution in [-0.4, -0.2) is 33.9 Å². The fourth-order valence-electron chi connectivity index (χ4n) is 4.27. The van der Waals surface area contributed by atoms with E-state index in [4.69, 9.17) is 16.9 Å². The van der Waals surface area contributed by atoms with Gasteiger partial charge >= 0.3 is 0 Å². The summed E-state index contributed by atoms with van der Waals surface area (Å²) in [4.78, 5) is 22.9. The van der Waals surface area contributed by atoms with E-state index in [0.29, 0.717) is 22.2 Å². The number of amides is 1. The smallest absolute Gasteiger partial charge is 0.253 e. The van der Waals surface area contributed by atoms with Crippen molar-refractivity contribution in [3.05, 3.63) is 75.7 Å². The van der Waals surface area contributed by atoms with Crippen molar-refractivity contribution in [2.24, 2.45) is 0 Å². The number of likely N-dealkylation sites (tertiary alicyclic amines) is 1. The minimum atomic E-state index is 0.0456. The Hall–Kier alpha value is -3.10. The first-order valence-corrected chi connectivity index (χ1v) is 11.4. The highest BCUT2D eigenvalue weighted by Gasteiger charge is 2.25. The van der Waals surface area contributed by atoms with Gasteiger partial charge in [-0.05, 0) is 61.1 Å². The number of nitrogens with one attached hydrogen (secondary N) is 1. The lowest BCUT2D eigenvalue weighted by Crippen LogP contribution is -2.37. The number of carbonyl (C=O) groups is 1. The first-order chi connectivity index (χ1) is 15.4. The predicted molar refractivity (Wildman–Crippen MR) is 127 cm³/mol. The summed E-state index contributed by atoms with van der Waals surface area (Å²) in [7, 11) is 0. The number of aromatic nitrogens is 2. The summed E-state index contributed by atoms with van der Waals surface area (Å²) in [6.07, 6.45) is 1.83. The molecule has 1 aliphatic rings. The van der Waals surface area contributed by atoms with Crippen LogP contribution in [0.25, 0.3) is 11.3 Å². The molecule has 0 radical (unpaired) electrons. The lowest BCUT2D eigenvalue weighted by atomic mass is 9.88. The molecule has 1 N–H and O–H groups in total. The number of benzene rings is 2. The zero-order chi connectivity index (χ0) is 22.8. The largest absolute Gasteiger partial charge is 0.340 e. The molecule has 4 rings (SSSR count). The van der Waals surface area contributed by atoms with Crippen LogP contribution in [0.5, 0.6) is 0 Å². The molecule has 0 atom stereocenters. The van der Waals surface area contributed by atoms with E-state index in [1.807, 2.05) is 54.3 Å². The Morgan fingerprint density at radius 1 is 1.19 bits per heavy atom. The number of aryl methyl sites for hydroxylation is 1. The van der Waals surface area contributed by atoms with E-state index in [-0.39, 0.29) is 11.8 Å². The average Bonchev–Trinajstić information content (AvgIpc) is 3.21. The Morgan fingerprint density at radius 3 is 2.47 bits per heavy atom. The van der Waals surface area contributed by atoms with Crippen molar-refractivity contribution < 1.29 is 4.79 Å². The maximum absolute atomic E-state index is 13.3. The van der Waals surface area contributed by atoms with E-state index in [2.05, 4.69) is 29.9 Å². The molecule has 164 valence electrons. The van der Waals surface area contributed by atoms with Crippen LogP contribution in [0.1, 0.15) is 71.4 Å². The van der Waals surface area contributed by atoms with Crippen LogP contribution in [0.15, 0.2) is 42.5 Å². The van der Waals surface area contributed by atoms with Gasteiger partial charge in [0, 0.05) is 30.1 Å². The van der Waals surface area contributed by atoms with Crippen molar-refractivity contribution in [3.63, 3.8) is 0 Å². The maximum atomic E-state index is 13.3. The molecule has 3 aromatic rings. The molecule has 0 unspecified atom stereocenters. The lowest BCUT2D eigenvalue weighted by Gasteiger charge is -2.32. The van der Waals surface area contributed by atoms with E-state index in [0.717, 1.165) is 48.6 Å². The van der Waals surface area contributed by atoms with E-state index in [1.165, 1.54) is 5.56 Å². The number of piperidine rings is 1. The van der Waals surface area contributed by atoms with Gasteiger partial charge in [-0.3, -0.25) is 4.79 Å². The highest BCUT2D eigenvalue weighted by atomic mass is 35.5. The predicted octanol–water partition coefficient (Wildman–Crippen LogP) is 6.05. The topological polar surface area (TPSA) is 72.8 Å². The van der Waals surface area contributed by atoms with Crippen molar-refractivity contribution in [1.29, 1.82) is 5.26 Å². The third-order valence-electron chi connectivity index (χ3n) is 6.27. The second kappa shape index (κ2) is 9.18. The van der Waals surface area contributed by atoms with Gasteiger partial charge in [-0.25, -0.2) is 4.98 Å². The van der Waals surface area contributed by atoms with Crippen LogP contribution >= 0.6 is 11.6 Å². The Morgan fingerprint density at radius 2 is 1.88 bits per heavy atom. The second-order valence-electron chi connectivity index (χ2n) is 8.77. The first-order valence-electron chi connectivity index (χ1n) is 11.0. The lowest BCUT2D eigenvalue weighted by molar-refractivity contribution is 0.0713. The summed E-state index contributed by atoms with van der Waals surface area (Å²) in [5.41, 5.74) is 5.30. The maximum Gasteiger partial charge on any atom is 0.253 e. The number of hydrogen-bond acceptors (Lipinski definition) is 3. The van der Waals surface area contributed by atoms with Crippen molar-refractivity contribution >= 4 is 17.5 Å². The summed E-state index contributed by atoms with van der Waals surface area (Å²) >= 11 is 6.41. The molecule has 32 heavy (non-hydrogen) atoms. The molecule has 1 aliphatic heterocycles. The molecule has 1 amide bonds. The van der Waals surface area contributed by atoms with Crippen molar-refractivity contribution in [2.45, 2.75) is 45.4 Å². The molecular formula is C26H27ClN4O. The molecular weight excluding hydrogens is 420 g/mol. The van der Waals surface area contributed by atoms with E-state index in [1.54, 1.807) is 0 Å². The third-order valence-corrected chi connectivity index (χ3v) is 6.55. The van der Waals surface area contributed by atoms with Crippen molar-refractivity contribution in [2.75, 3.05) is 13.1 Å². The summed E-state index contributed by atoms with van der Waals surface area (Å²) in [5, 5.41) is 9.42. The Balaban J connectivity index is 1.49. The second-order valence-corrected chi connectivity index (χ2v) is 9.13. The Kier molecular flexibility index (Phi) is 6.34. The average molecular weight is 447 g/mol. The van der Waals surface area contributed by atoms with Crippen LogP contribution in [0.2, 0.25) is 5.15 Å². The van der Waals surface area contributed by atoms with E-state index < -0.39 is 0 Å². The number of H-pyrrole nitrogens is 1. The minimum absolute atomic E-state index is 0.0456. The van der Waals surface area contributed by atoms with Gasteiger partial charge in [0.25, 0.3) is 5.91 Å². The molecule has 5 nitrogen and oxygen atoms in total. The summed E-state index contributed by atoms with van der Waals surface area (Å²) in [5.74, 6) is 1.54. The van der Waals surface area contributed by atoms with Gasteiger partial charge in [0.05, 0.1) is 17.3 Å². The highest BCUT2D eigenvalue weighted by molar-refractivity contribution is 6.32. The van der Waals surface area contributed by atoms with Gasteiger partial charge in [0.2, 0.25) is 0 Å². The molecule has 2 heterocycles.